The highest BCUT2D eigenvalue weighted by atomic mass is 19.1. The number of benzene rings is 1. The van der Waals surface area contributed by atoms with Crippen molar-refractivity contribution in [1.82, 2.24) is 0 Å². The Labute approximate surface area is 120 Å². The van der Waals surface area contributed by atoms with Gasteiger partial charge in [0.2, 0.25) is 0 Å². The average molecular weight is 301 g/mol. The molecule has 0 saturated heterocycles. The third-order valence-corrected chi connectivity index (χ3v) is 2.47. The van der Waals surface area contributed by atoms with Crippen LogP contribution in [0.15, 0.2) is 18.2 Å². The van der Waals surface area contributed by atoms with Crippen molar-refractivity contribution in [2.75, 3.05) is 33.5 Å². The third kappa shape index (κ3) is 5.84. The van der Waals surface area contributed by atoms with Gasteiger partial charge in [-0.25, -0.2) is 9.18 Å². The maximum Gasteiger partial charge on any atom is 0.345 e. The molecule has 0 N–H and O–H groups in total. The normalized spacial score (nSPS) is 10.4. The zero-order valence-electron chi connectivity index (χ0n) is 11.5. The Kier molecular flexibility index (Phi) is 7.27. The van der Waals surface area contributed by atoms with Gasteiger partial charge < -0.3 is 14.2 Å². The van der Waals surface area contributed by atoms with Crippen LogP contribution >= 0.6 is 0 Å². The predicted octanol–water partition coefficient (Wildman–Crippen LogP) is 1.94. The van der Waals surface area contributed by atoms with Gasteiger partial charge in [-0.2, -0.15) is 0 Å². The number of hydrogen-bond donors (Lipinski definition) is 0. The van der Waals surface area contributed by atoms with Crippen molar-refractivity contribution in [3.05, 3.63) is 39.7 Å². The van der Waals surface area contributed by atoms with Gasteiger partial charge in [0.25, 0.3) is 5.69 Å². The van der Waals surface area contributed by atoms with Crippen LogP contribution in [0.4, 0.5) is 10.1 Å². The van der Waals surface area contributed by atoms with Gasteiger partial charge in [-0.05, 0) is 12.1 Å². The van der Waals surface area contributed by atoms with Gasteiger partial charge >= 0.3 is 5.97 Å². The number of carbonyl (C=O) groups excluding carboxylic acids is 1. The summed E-state index contributed by atoms with van der Waals surface area (Å²) in [7, 11) is 1.55. The van der Waals surface area contributed by atoms with Gasteiger partial charge in [-0.3, -0.25) is 10.1 Å². The molecule has 0 aliphatic heterocycles. The van der Waals surface area contributed by atoms with E-state index in [2.05, 4.69) is 0 Å². The molecule has 0 bridgehead atoms. The molecule has 1 aromatic carbocycles. The largest absolute Gasteiger partial charge is 0.462 e. The summed E-state index contributed by atoms with van der Waals surface area (Å²) in [6.45, 7) is 1.29. The quantitative estimate of drug-likeness (QED) is 0.300. The molecule has 0 aliphatic rings. The van der Waals surface area contributed by atoms with E-state index >= 15 is 0 Å². The molecule has 116 valence electrons. The van der Waals surface area contributed by atoms with Crippen molar-refractivity contribution in [3.8, 4) is 0 Å². The van der Waals surface area contributed by atoms with Crippen molar-refractivity contribution in [1.29, 1.82) is 0 Å². The summed E-state index contributed by atoms with van der Waals surface area (Å²) < 4.78 is 27.9. The van der Waals surface area contributed by atoms with Gasteiger partial charge in [0.1, 0.15) is 11.4 Å². The lowest BCUT2D eigenvalue weighted by Crippen LogP contribution is -2.11. The molecular formula is C13H16FNO6. The lowest BCUT2D eigenvalue weighted by atomic mass is 10.2. The summed E-state index contributed by atoms with van der Waals surface area (Å²) in [6.07, 6.45) is 0.429. The number of ether oxygens (including phenoxy) is 3. The highest BCUT2D eigenvalue weighted by Crippen LogP contribution is 2.20. The van der Waals surface area contributed by atoms with Crippen molar-refractivity contribution in [2.45, 2.75) is 6.42 Å². The molecule has 0 radical (unpaired) electrons. The maximum atomic E-state index is 13.1. The molecule has 1 aromatic rings. The number of nitrogens with zero attached hydrogens (tertiary/aromatic N) is 1. The maximum absolute atomic E-state index is 13.1. The van der Waals surface area contributed by atoms with Crippen LogP contribution in [0, 0.1) is 15.9 Å². The van der Waals surface area contributed by atoms with Crippen LogP contribution in [0.1, 0.15) is 16.8 Å². The summed E-state index contributed by atoms with van der Waals surface area (Å²) in [6, 6.07) is 2.63. The van der Waals surface area contributed by atoms with Gasteiger partial charge in [-0.15, -0.1) is 0 Å². The third-order valence-electron chi connectivity index (χ3n) is 2.47. The second kappa shape index (κ2) is 8.98. The molecule has 0 saturated carbocycles. The molecule has 0 heterocycles. The second-order valence-electron chi connectivity index (χ2n) is 4.01. The molecule has 0 atom stereocenters. The average Bonchev–Trinajstić information content (AvgIpc) is 2.45. The summed E-state index contributed by atoms with van der Waals surface area (Å²) >= 11 is 0. The van der Waals surface area contributed by atoms with E-state index in [4.69, 9.17) is 14.2 Å². The Morgan fingerprint density at radius 2 is 2.05 bits per heavy atom. The van der Waals surface area contributed by atoms with E-state index in [1.54, 1.807) is 7.11 Å². The fraction of sp³-hybridized carbons (Fsp3) is 0.462. The standard InChI is InChI=1S/C13H16FNO6/c1-19-7-8-20-5-2-6-21-13(16)11-9-10(14)3-4-12(11)15(17)18/h3-4,9H,2,5-8H2,1H3. The van der Waals surface area contributed by atoms with E-state index in [-0.39, 0.29) is 6.61 Å². The van der Waals surface area contributed by atoms with Crippen LogP contribution in [0.5, 0.6) is 0 Å². The van der Waals surface area contributed by atoms with Crippen LogP contribution in [0.3, 0.4) is 0 Å². The van der Waals surface area contributed by atoms with E-state index in [9.17, 15) is 19.3 Å². The molecule has 0 fully saturated rings. The van der Waals surface area contributed by atoms with E-state index in [1.807, 2.05) is 0 Å². The van der Waals surface area contributed by atoms with Crippen molar-refractivity contribution < 1.29 is 28.3 Å². The second-order valence-corrected chi connectivity index (χ2v) is 4.01. The molecule has 0 spiro atoms. The van der Waals surface area contributed by atoms with Gasteiger partial charge in [0, 0.05) is 26.2 Å². The van der Waals surface area contributed by atoms with Crippen LogP contribution in [-0.4, -0.2) is 44.4 Å². The Bertz CT molecular complexity index is 494. The highest BCUT2D eigenvalue weighted by molar-refractivity contribution is 5.93. The predicted molar refractivity (Wildman–Crippen MR) is 70.6 cm³/mol. The summed E-state index contributed by atoms with van der Waals surface area (Å²) in [5.41, 5.74) is -0.891. The minimum atomic E-state index is -0.932. The molecule has 0 amide bonds. The first-order valence-corrected chi connectivity index (χ1v) is 6.24. The Morgan fingerprint density at radius 3 is 2.71 bits per heavy atom. The molecule has 7 nitrogen and oxygen atoms in total. The van der Waals surface area contributed by atoms with Gasteiger partial charge in [-0.1, -0.05) is 0 Å². The SMILES string of the molecule is COCCOCCCOC(=O)c1cc(F)ccc1[N+](=O)[O-]. The van der Waals surface area contributed by atoms with Crippen LogP contribution < -0.4 is 0 Å². The van der Waals surface area contributed by atoms with Gasteiger partial charge in [0.15, 0.2) is 0 Å². The van der Waals surface area contributed by atoms with Crippen molar-refractivity contribution >= 4 is 11.7 Å². The van der Waals surface area contributed by atoms with Crippen molar-refractivity contribution in [2.24, 2.45) is 0 Å². The van der Waals surface area contributed by atoms with Gasteiger partial charge in [0.05, 0.1) is 24.7 Å². The first-order valence-electron chi connectivity index (χ1n) is 6.24. The zero-order valence-corrected chi connectivity index (χ0v) is 11.5. The molecular weight excluding hydrogens is 285 g/mol. The Morgan fingerprint density at radius 1 is 1.29 bits per heavy atom. The number of methoxy groups -OCH3 is 1. The number of rotatable bonds is 9. The lowest BCUT2D eigenvalue weighted by molar-refractivity contribution is -0.385. The zero-order chi connectivity index (χ0) is 15.7. The summed E-state index contributed by atoms with van der Waals surface area (Å²) in [4.78, 5) is 21.7. The monoisotopic (exact) mass is 301 g/mol. The molecule has 0 aliphatic carbocycles. The van der Waals surface area contributed by atoms with E-state index in [0.717, 1.165) is 18.2 Å². The topological polar surface area (TPSA) is 87.9 Å². The number of carbonyl (C=O) groups is 1. The molecule has 0 unspecified atom stereocenters. The number of halogens is 1. The number of esters is 1. The van der Waals surface area contributed by atoms with E-state index < -0.39 is 28.0 Å². The Balaban J connectivity index is 2.45. The van der Waals surface area contributed by atoms with Crippen molar-refractivity contribution in [3.63, 3.8) is 0 Å². The fourth-order valence-corrected chi connectivity index (χ4v) is 1.48. The van der Waals surface area contributed by atoms with Crippen LogP contribution in [0.25, 0.3) is 0 Å². The lowest BCUT2D eigenvalue weighted by Gasteiger charge is -2.06. The first kappa shape index (κ1) is 17.0. The Hall–Kier alpha value is -2.06. The number of hydrogen-bond acceptors (Lipinski definition) is 6. The number of nitro groups is 1. The smallest absolute Gasteiger partial charge is 0.345 e. The molecule has 0 aromatic heterocycles. The summed E-state index contributed by atoms with van der Waals surface area (Å²) in [5, 5.41) is 10.8. The van der Waals surface area contributed by atoms with Crippen LogP contribution in [-0.2, 0) is 14.2 Å². The van der Waals surface area contributed by atoms with Crippen LogP contribution in [0.2, 0.25) is 0 Å². The first-order chi connectivity index (χ1) is 10.1. The fourth-order valence-electron chi connectivity index (χ4n) is 1.48. The van der Waals surface area contributed by atoms with E-state index in [0.29, 0.717) is 26.2 Å². The van der Waals surface area contributed by atoms with E-state index in [1.165, 1.54) is 0 Å². The molecule has 21 heavy (non-hydrogen) atoms. The minimum Gasteiger partial charge on any atom is -0.462 e. The molecule has 8 heteroatoms. The number of nitro benzene ring substituents is 1. The molecule has 1 rings (SSSR count). The minimum absolute atomic E-state index is 0.0273. The summed E-state index contributed by atoms with van der Waals surface area (Å²) in [5.74, 6) is -1.67. The highest BCUT2D eigenvalue weighted by Gasteiger charge is 2.22.